The van der Waals surface area contributed by atoms with E-state index in [0.29, 0.717) is 23.1 Å². The Morgan fingerprint density at radius 2 is 1.71 bits per heavy atom. The molecule has 1 aromatic heterocycles. The summed E-state index contributed by atoms with van der Waals surface area (Å²) in [7, 11) is 1.67. The Morgan fingerprint density at radius 3 is 2.46 bits per heavy atom. The fourth-order valence-corrected chi connectivity index (χ4v) is 3.02. The Kier molecular flexibility index (Phi) is 5.46. The number of hydrogen-bond acceptors (Lipinski definition) is 3. The third kappa shape index (κ3) is 4.12. The van der Waals surface area contributed by atoms with E-state index < -0.39 is 0 Å². The quantitative estimate of drug-likeness (QED) is 0.624. The monoisotopic (exact) mass is 361 g/mol. The summed E-state index contributed by atoms with van der Waals surface area (Å²) in [6.45, 7) is 1.31. The molecule has 5 heteroatoms. The van der Waals surface area contributed by atoms with Gasteiger partial charge in [0.2, 0.25) is 0 Å². The SMILES string of the molecule is COc1ccccc1CNCc1ccc(-c2cc(Cl)cc(Cl)c2)o1. The molecular weight excluding hydrogens is 345 g/mol. The van der Waals surface area contributed by atoms with Gasteiger partial charge in [-0.3, -0.25) is 0 Å². The highest BCUT2D eigenvalue weighted by Crippen LogP contribution is 2.28. The minimum absolute atomic E-state index is 0.588. The molecule has 0 fully saturated rings. The highest BCUT2D eigenvalue weighted by molar-refractivity contribution is 6.35. The van der Waals surface area contributed by atoms with E-state index in [1.165, 1.54) is 0 Å². The number of methoxy groups -OCH3 is 1. The molecule has 3 aromatic rings. The van der Waals surface area contributed by atoms with Crippen molar-refractivity contribution in [2.45, 2.75) is 13.1 Å². The summed E-state index contributed by atoms with van der Waals surface area (Å²) in [6, 6.07) is 17.2. The number of ether oxygens (including phenoxy) is 1. The second-order valence-corrected chi connectivity index (χ2v) is 6.21. The van der Waals surface area contributed by atoms with Gasteiger partial charge < -0.3 is 14.5 Å². The summed E-state index contributed by atoms with van der Waals surface area (Å²) in [5.74, 6) is 2.46. The Hall–Kier alpha value is -1.94. The highest BCUT2D eigenvalue weighted by atomic mass is 35.5. The molecule has 0 atom stereocenters. The van der Waals surface area contributed by atoms with Crippen LogP contribution in [0.15, 0.2) is 59.0 Å². The van der Waals surface area contributed by atoms with E-state index in [1.54, 1.807) is 13.2 Å². The van der Waals surface area contributed by atoms with Gasteiger partial charge in [-0.1, -0.05) is 41.4 Å². The predicted octanol–water partition coefficient (Wildman–Crippen LogP) is 5.55. The molecule has 0 radical (unpaired) electrons. The zero-order valence-corrected chi connectivity index (χ0v) is 14.7. The Bertz CT molecular complexity index is 809. The molecule has 24 heavy (non-hydrogen) atoms. The van der Waals surface area contributed by atoms with Crippen LogP contribution in [0.4, 0.5) is 0 Å². The molecule has 3 rings (SSSR count). The van der Waals surface area contributed by atoms with E-state index in [-0.39, 0.29) is 0 Å². The van der Waals surface area contributed by atoms with Gasteiger partial charge in [-0.15, -0.1) is 0 Å². The lowest BCUT2D eigenvalue weighted by Crippen LogP contribution is -2.12. The van der Waals surface area contributed by atoms with Crippen LogP contribution in [-0.2, 0) is 13.1 Å². The van der Waals surface area contributed by atoms with Crippen LogP contribution in [0.3, 0.4) is 0 Å². The van der Waals surface area contributed by atoms with Crippen LogP contribution in [0.5, 0.6) is 5.75 Å². The molecule has 0 aliphatic rings. The van der Waals surface area contributed by atoms with E-state index in [2.05, 4.69) is 5.32 Å². The van der Waals surface area contributed by atoms with Crippen molar-refractivity contribution in [3.8, 4) is 17.1 Å². The summed E-state index contributed by atoms with van der Waals surface area (Å²) in [4.78, 5) is 0. The molecule has 0 saturated heterocycles. The highest BCUT2D eigenvalue weighted by Gasteiger charge is 2.07. The van der Waals surface area contributed by atoms with Crippen LogP contribution < -0.4 is 10.1 Å². The second kappa shape index (κ2) is 7.75. The second-order valence-electron chi connectivity index (χ2n) is 5.34. The molecule has 0 spiro atoms. The first-order valence-electron chi connectivity index (χ1n) is 7.53. The van der Waals surface area contributed by atoms with Gasteiger partial charge in [-0.2, -0.15) is 0 Å². The molecule has 0 saturated carbocycles. The first-order chi connectivity index (χ1) is 11.7. The number of furan rings is 1. The molecule has 0 amide bonds. The van der Waals surface area contributed by atoms with Crippen molar-refractivity contribution < 1.29 is 9.15 Å². The van der Waals surface area contributed by atoms with Crippen molar-refractivity contribution in [2.24, 2.45) is 0 Å². The summed E-state index contributed by atoms with van der Waals surface area (Å²) in [5.41, 5.74) is 1.97. The average molecular weight is 362 g/mol. The lowest BCUT2D eigenvalue weighted by molar-refractivity contribution is 0.406. The Morgan fingerprint density at radius 1 is 0.958 bits per heavy atom. The van der Waals surface area contributed by atoms with Crippen molar-refractivity contribution >= 4 is 23.2 Å². The van der Waals surface area contributed by atoms with Gasteiger partial charge >= 0.3 is 0 Å². The Balaban J connectivity index is 1.64. The van der Waals surface area contributed by atoms with Gasteiger partial charge in [0.1, 0.15) is 17.3 Å². The molecule has 1 heterocycles. The van der Waals surface area contributed by atoms with Gasteiger partial charge in [-0.25, -0.2) is 0 Å². The number of hydrogen-bond donors (Lipinski definition) is 1. The molecular formula is C19H17Cl2NO2. The van der Waals surface area contributed by atoms with Crippen LogP contribution in [0.1, 0.15) is 11.3 Å². The van der Waals surface area contributed by atoms with E-state index in [9.17, 15) is 0 Å². The predicted molar refractivity (Wildman–Crippen MR) is 97.7 cm³/mol. The summed E-state index contributed by atoms with van der Waals surface area (Å²) < 4.78 is 11.2. The van der Waals surface area contributed by atoms with Crippen LogP contribution in [0, 0.1) is 0 Å². The van der Waals surface area contributed by atoms with Crippen molar-refractivity contribution in [1.29, 1.82) is 0 Å². The van der Waals surface area contributed by atoms with Crippen LogP contribution >= 0.6 is 23.2 Å². The first kappa shape index (κ1) is 16.9. The van der Waals surface area contributed by atoms with Crippen LogP contribution in [-0.4, -0.2) is 7.11 Å². The van der Waals surface area contributed by atoms with E-state index >= 15 is 0 Å². The maximum absolute atomic E-state index is 6.04. The number of rotatable bonds is 6. The van der Waals surface area contributed by atoms with Gasteiger partial charge in [0, 0.05) is 27.7 Å². The number of para-hydroxylation sites is 1. The van der Waals surface area contributed by atoms with Crippen molar-refractivity contribution in [1.82, 2.24) is 5.32 Å². The van der Waals surface area contributed by atoms with Crippen molar-refractivity contribution in [2.75, 3.05) is 7.11 Å². The topological polar surface area (TPSA) is 34.4 Å². The maximum Gasteiger partial charge on any atom is 0.134 e. The number of nitrogens with one attached hydrogen (secondary N) is 1. The lowest BCUT2D eigenvalue weighted by atomic mass is 10.2. The maximum atomic E-state index is 6.04. The fourth-order valence-electron chi connectivity index (χ4n) is 2.49. The van der Waals surface area contributed by atoms with Crippen molar-refractivity contribution in [3.63, 3.8) is 0 Å². The van der Waals surface area contributed by atoms with Gasteiger partial charge in [0.15, 0.2) is 0 Å². The van der Waals surface area contributed by atoms with Crippen LogP contribution in [0.2, 0.25) is 10.0 Å². The summed E-state index contributed by atoms with van der Waals surface area (Å²) in [6.07, 6.45) is 0. The number of halogens is 2. The molecule has 0 aliphatic heterocycles. The molecule has 124 valence electrons. The van der Waals surface area contributed by atoms with Gasteiger partial charge in [0.05, 0.1) is 13.7 Å². The van der Waals surface area contributed by atoms with E-state index in [0.717, 1.165) is 28.4 Å². The minimum atomic E-state index is 0.588. The minimum Gasteiger partial charge on any atom is -0.496 e. The Labute approximate surface area is 151 Å². The molecule has 0 aliphatic carbocycles. The smallest absolute Gasteiger partial charge is 0.134 e. The molecule has 1 N–H and O–H groups in total. The zero-order chi connectivity index (χ0) is 16.9. The normalized spacial score (nSPS) is 10.8. The molecule has 0 unspecified atom stereocenters. The zero-order valence-electron chi connectivity index (χ0n) is 13.2. The summed E-state index contributed by atoms with van der Waals surface area (Å²) >= 11 is 12.1. The number of benzene rings is 2. The fraction of sp³-hybridized carbons (Fsp3) is 0.158. The molecule has 0 bridgehead atoms. The van der Waals surface area contributed by atoms with Crippen molar-refractivity contribution in [3.05, 3.63) is 76.0 Å². The van der Waals surface area contributed by atoms with Crippen LogP contribution in [0.25, 0.3) is 11.3 Å². The lowest BCUT2D eigenvalue weighted by Gasteiger charge is -2.08. The average Bonchev–Trinajstić information content (AvgIpc) is 3.03. The molecule has 2 aromatic carbocycles. The summed E-state index contributed by atoms with van der Waals surface area (Å²) in [5, 5.41) is 4.53. The standard InChI is InChI=1S/C19H17Cl2NO2/c1-23-18-5-3-2-4-13(18)11-22-12-17-6-7-19(24-17)14-8-15(20)10-16(21)9-14/h2-10,22H,11-12H2,1H3. The first-order valence-corrected chi connectivity index (χ1v) is 8.29. The van der Waals surface area contributed by atoms with E-state index in [1.807, 2.05) is 48.5 Å². The third-order valence-corrected chi connectivity index (χ3v) is 4.05. The van der Waals surface area contributed by atoms with Gasteiger partial charge in [-0.05, 0) is 36.4 Å². The van der Waals surface area contributed by atoms with E-state index in [4.69, 9.17) is 32.4 Å². The largest absolute Gasteiger partial charge is 0.496 e. The van der Waals surface area contributed by atoms with Gasteiger partial charge in [0.25, 0.3) is 0 Å². The third-order valence-electron chi connectivity index (χ3n) is 3.62. The molecule has 3 nitrogen and oxygen atoms in total.